The number of hydrogen-bond donors (Lipinski definition) is 2. The average Bonchev–Trinajstić information content (AvgIpc) is 2.39. The van der Waals surface area contributed by atoms with E-state index in [2.05, 4.69) is 17.6 Å². The van der Waals surface area contributed by atoms with Crippen LogP contribution < -0.4 is 10.6 Å². The Morgan fingerprint density at radius 2 is 1.78 bits per heavy atom. The Labute approximate surface area is 108 Å². The van der Waals surface area contributed by atoms with Crippen LogP contribution >= 0.6 is 0 Å². The molecule has 0 fully saturated rings. The Kier molecular flexibility index (Phi) is 5.91. The fourth-order valence-corrected chi connectivity index (χ4v) is 1.44. The van der Waals surface area contributed by atoms with E-state index in [0.29, 0.717) is 24.2 Å². The number of nitrogens with one attached hydrogen (secondary N) is 2. The van der Waals surface area contributed by atoms with Gasteiger partial charge in [0.25, 0.3) is 5.91 Å². The summed E-state index contributed by atoms with van der Waals surface area (Å²) in [6, 6.07) is 6.91. The first-order valence-electron chi connectivity index (χ1n) is 6.35. The standard InChI is InChI=1S/C14H20N2O2/c1-3-5-10-15-14(18)11-6-8-12(9-7-11)16-13(17)4-2/h6-9H,3-5,10H2,1-2H3,(H,15,18)(H,16,17). The minimum absolute atomic E-state index is 0.0323. The molecule has 0 atom stereocenters. The molecule has 2 amide bonds. The van der Waals surface area contributed by atoms with Crippen molar-refractivity contribution in [3.63, 3.8) is 0 Å². The molecule has 0 aromatic heterocycles. The summed E-state index contributed by atoms with van der Waals surface area (Å²) in [6.07, 6.45) is 2.48. The van der Waals surface area contributed by atoms with Crippen molar-refractivity contribution in [1.82, 2.24) is 5.32 Å². The number of anilines is 1. The Hall–Kier alpha value is -1.84. The Bertz CT molecular complexity index is 399. The van der Waals surface area contributed by atoms with Gasteiger partial charge < -0.3 is 10.6 Å². The monoisotopic (exact) mass is 248 g/mol. The smallest absolute Gasteiger partial charge is 0.251 e. The zero-order valence-electron chi connectivity index (χ0n) is 11.0. The second-order valence-electron chi connectivity index (χ2n) is 4.09. The summed E-state index contributed by atoms with van der Waals surface area (Å²) in [5.41, 5.74) is 1.33. The fourth-order valence-electron chi connectivity index (χ4n) is 1.44. The van der Waals surface area contributed by atoms with Crippen LogP contribution in [0.3, 0.4) is 0 Å². The first kappa shape index (κ1) is 14.2. The molecule has 1 rings (SSSR count). The maximum atomic E-state index is 11.7. The third kappa shape index (κ3) is 4.57. The normalized spacial score (nSPS) is 9.89. The van der Waals surface area contributed by atoms with E-state index >= 15 is 0 Å². The van der Waals surface area contributed by atoms with Crippen molar-refractivity contribution in [3.8, 4) is 0 Å². The van der Waals surface area contributed by atoms with Gasteiger partial charge in [-0.15, -0.1) is 0 Å². The second kappa shape index (κ2) is 7.48. The van der Waals surface area contributed by atoms with Crippen LogP contribution in [0.2, 0.25) is 0 Å². The number of carbonyl (C=O) groups is 2. The van der Waals surface area contributed by atoms with Crippen molar-refractivity contribution < 1.29 is 9.59 Å². The molecule has 1 aromatic rings. The highest BCUT2D eigenvalue weighted by Gasteiger charge is 2.05. The first-order valence-corrected chi connectivity index (χ1v) is 6.35. The van der Waals surface area contributed by atoms with Crippen molar-refractivity contribution >= 4 is 17.5 Å². The van der Waals surface area contributed by atoms with E-state index < -0.39 is 0 Å². The van der Waals surface area contributed by atoms with Gasteiger partial charge in [0.2, 0.25) is 5.91 Å². The highest BCUT2D eigenvalue weighted by molar-refractivity contribution is 5.95. The minimum Gasteiger partial charge on any atom is -0.352 e. The number of rotatable bonds is 6. The quantitative estimate of drug-likeness (QED) is 0.760. The van der Waals surface area contributed by atoms with Crippen molar-refractivity contribution in [2.45, 2.75) is 33.1 Å². The molecule has 0 heterocycles. The van der Waals surface area contributed by atoms with Gasteiger partial charge in [0.05, 0.1) is 0 Å². The lowest BCUT2D eigenvalue weighted by molar-refractivity contribution is -0.115. The average molecular weight is 248 g/mol. The molecule has 0 spiro atoms. The van der Waals surface area contributed by atoms with Crippen LogP contribution in [-0.2, 0) is 4.79 Å². The van der Waals surface area contributed by atoms with Gasteiger partial charge in [0.1, 0.15) is 0 Å². The summed E-state index contributed by atoms with van der Waals surface area (Å²) in [5, 5.41) is 5.58. The predicted octanol–water partition coefficient (Wildman–Crippen LogP) is 2.57. The molecular formula is C14H20N2O2. The van der Waals surface area contributed by atoms with Crippen molar-refractivity contribution in [3.05, 3.63) is 29.8 Å². The lowest BCUT2D eigenvalue weighted by atomic mass is 10.2. The SMILES string of the molecule is CCCCNC(=O)c1ccc(NC(=O)CC)cc1. The second-order valence-corrected chi connectivity index (χ2v) is 4.09. The van der Waals surface area contributed by atoms with Crippen LogP contribution in [0.15, 0.2) is 24.3 Å². The molecule has 4 nitrogen and oxygen atoms in total. The van der Waals surface area contributed by atoms with E-state index in [4.69, 9.17) is 0 Å². The van der Waals surface area contributed by atoms with Crippen LogP contribution in [0.4, 0.5) is 5.69 Å². The summed E-state index contributed by atoms with van der Waals surface area (Å²) in [6.45, 7) is 4.58. The molecule has 0 aliphatic heterocycles. The molecule has 2 N–H and O–H groups in total. The number of benzene rings is 1. The Morgan fingerprint density at radius 1 is 1.11 bits per heavy atom. The maximum Gasteiger partial charge on any atom is 0.251 e. The zero-order valence-corrected chi connectivity index (χ0v) is 11.0. The topological polar surface area (TPSA) is 58.2 Å². The molecule has 0 saturated carbocycles. The fraction of sp³-hybridized carbons (Fsp3) is 0.429. The number of carbonyl (C=O) groups excluding carboxylic acids is 2. The largest absolute Gasteiger partial charge is 0.352 e. The molecule has 4 heteroatoms. The lowest BCUT2D eigenvalue weighted by Crippen LogP contribution is -2.24. The molecule has 0 radical (unpaired) electrons. The van der Waals surface area contributed by atoms with E-state index in [0.717, 1.165) is 12.8 Å². The Morgan fingerprint density at radius 3 is 2.33 bits per heavy atom. The van der Waals surface area contributed by atoms with Gasteiger partial charge >= 0.3 is 0 Å². The van der Waals surface area contributed by atoms with Gasteiger partial charge in [-0.1, -0.05) is 20.3 Å². The highest BCUT2D eigenvalue weighted by Crippen LogP contribution is 2.09. The van der Waals surface area contributed by atoms with Gasteiger partial charge in [-0.3, -0.25) is 9.59 Å². The van der Waals surface area contributed by atoms with Gasteiger partial charge in [0, 0.05) is 24.2 Å². The van der Waals surface area contributed by atoms with Crippen molar-refractivity contribution in [1.29, 1.82) is 0 Å². The van der Waals surface area contributed by atoms with E-state index in [1.165, 1.54) is 0 Å². The summed E-state index contributed by atoms with van der Waals surface area (Å²) in [5.74, 6) is -0.105. The van der Waals surface area contributed by atoms with Gasteiger partial charge in [-0.2, -0.15) is 0 Å². The molecule has 0 bridgehead atoms. The first-order chi connectivity index (χ1) is 8.67. The molecule has 0 aliphatic carbocycles. The Balaban J connectivity index is 2.54. The van der Waals surface area contributed by atoms with Crippen LogP contribution in [0.1, 0.15) is 43.5 Å². The van der Waals surface area contributed by atoms with Gasteiger partial charge in [0.15, 0.2) is 0 Å². The third-order valence-electron chi connectivity index (χ3n) is 2.57. The molecule has 0 aliphatic rings. The molecule has 0 saturated heterocycles. The van der Waals surface area contributed by atoms with Crippen LogP contribution in [0.25, 0.3) is 0 Å². The van der Waals surface area contributed by atoms with E-state index in [9.17, 15) is 9.59 Å². The third-order valence-corrected chi connectivity index (χ3v) is 2.57. The molecule has 1 aromatic carbocycles. The molecule has 0 unspecified atom stereocenters. The molecular weight excluding hydrogens is 228 g/mol. The zero-order chi connectivity index (χ0) is 13.4. The van der Waals surface area contributed by atoms with E-state index in [1.54, 1.807) is 31.2 Å². The number of amides is 2. The highest BCUT2D eigenvalue weighted by atomic mass is 16.2. The van der Waals surface area contributed by atoms with Gasteiger partial charge in [-0.05, 0) is 30.7 Å². The van der Waals surface area contributed by atoms with Crippen molar-refractivity contribution in [2.75, 3.05) is 11.9 Å². The van der Waals surface area contributed by atoms with Crippen LogP contribution in [-0.4, -0.2) is 18.4 Å². The molecule has 18 heavy (non-hydrogen) atoms. The summed E-state index contributed by atoms with van der Waals surface area (Å²) >= 11 is 0. The van der Waals surface area contributed by atoms with Crippen molar-refractivity contribution in [2.24, 2.45) is 0 Å². The number of hydrogen-bond acceptors (Lipinski definition) is 2. The maximum absolute atomic E-state index is 11.7. The van der Waals surface area contributed by atoms with Crippen LogP contribution in [0, 0.1) is 0 Å². The number of unbranched alkanes of at least 4 members (excludes halogenated alkanes) is 1. The summed E-state index contributed by atoms with van der Waals surface area (Å²) in [7, 11) is 0. The lowest BCUT2D eigenvalue weighted by Gasteiger charge is -2.06. The predicted molar refractivity (Wildman–Crippen MR) is 72.6 cm³/mol. The minimum atomic E-state index is -0.0724. The summed E-state index contributed by atoms with van der Waals surface area (Å²) < 4.78 is 0. The van der Waals surface area contributed by atoms with Crippen LogP contribution in [0.5, 0.6) is 0 Å². The van der Waals surface area contributed by atoms with E-state index in [1.807, 2.05) is 0 Å². The van der Waals surface area contributed by atoms with E-state index in [-0.39, 0.29) is 11.8 Å². The summed E-state index contributed by atoms with van der Waals surface area (Å²) in [4.78, 5) is 22.9. The molecule has 98 valence electrons. The van der Waals surface area contributed by atoms with Gasteiger partial charge in [-0.25, -0.2) is 0 Å².